The molecule has 2 N–H and O–H groups in total. The van der Waals surface area contributed by atoms with Gasteiger partial charge in [0.05, 0.1) is 6.04 Å². The fraction of sp³-hybridized carbons (Fsp3) is 0.900. The third kappa shape index (κ3) is 2.21. The molecule has 2 rings (SSSR count). The van der Waals surface area contributed by atoms with Crippen LogP contribution in [-0.2, 0) is 4.79 Å². The number of carbonyl (C=O) groups excluding carboxylic acids is 1. The van der Waals surface area contributed by atoms with Crippen molar-refractivity contribution in [2.45, 2.75) is 44.7 Å². The van der Waals surface area contributed by atoms with Gasteiger partial charge in [-0.3, -0.25) is 4.79 Å². The summed E-state index contributed by atoms with van der Waals surface area (Å²) in [5, 5.41) is 6.29. The van der Waals surface area contributed by atoms with E-state index < -0.39 is 0 Å². The molecule has 1 heterocycles. The highest BCUT2D eigenvalue weighted by Crippen LogP contribution is 2.32. The molecule has 2 fully saturated rings. The average molecular weight is 182 g/mol. The molecule has 74 valence electrons. The number of rotatable bonds is 3. The zero-order chi connectivity index (χ0) is 9.26. The maximum Gasteiger partial charge on any atom is 0.237 e. The number of amides is 1. The van der Waals surface area contributed by atoms with Crippen molar-refractivity contribution >= 4 is 5.91 Å². The molecule has 1 amide bonds. The number of nitrogens with one attached hydrogen (secondary N) is 2. The monoisotopic (exact) mass is 182 g/mol. The summed E-state index contributed by atoms with van der Waals surface area (Å²) >= 11 is 0. The summed E-state index contributed by atoms with van der Waals surface area (Å²) in [6.45, 7) is 3.11. The van der Waals surface area contributed by atoms with E-state index in [1.54, 1.807) is 0 Å². The lowest BCUT2D eigenvalue weighted by Crippen LogP contribution is -2.44. The highest BCUT2D eigenvalue weighted by molar-refractivity contribution is 5.82. The zero-order valence-electron chi connectivity index (χ0n) is 8.18. The molecule has 3 nitrogen and oxygen atoms in total. The van der Waals surface area contributed by atoms with Crippen molar-refractivity contribution in [3.63, 3.8) is 0 Å². The first kappa shape index (κ1) is 9.00. The second kappa shape index (κ2) is 3.66. The van der Waals surface area contributed by atoms with E-state index in [0.717, 1.165) is 25.3 Å². The van der Waals surface area contributed by atoms with Gasteiger partial charge >= 0.3 is 0 Å². The van der Waals surface area contributed by atoms with Crippen molar-refractivity contribution in [3.8, 4) is 0 Å². The van der Waals surface area contributed by atoms with Crippen LogP contribution in [0.2, 0.25) is 0 Å². The Bertz CT molecular complexity index is 195. The van der Waals surface area contributed by atoms with Gasteiger partial charge in [0.25, 0.3) is 0 Å². The fourth-order valence-electron chi connectivity index (χ4n) is 1.95. The second-order valence-corrected chi connectivity index (χ2v) is 4.28. The van der Waals surface area contributed by atoms with E-state index in [1.807, 2.05) is 0 Å². The van der Waals surface area contributed by atoms with Gasteiger partial charge in [-0.2, -0.15) is 0 Å². The predicted octanol–water partition coefficient (Wildman–Crippen LogP) is 0.653. The molecule has 0 spiro atoms. The van der Waals surface area contributed by atoms with E-state index in [1.165, 1.54) is 12.8 Å². The van der Waals surface area contributed by atoms with E-state index in [2.05, 4.69) is 17.6 Å². The van der Waals surface area contributed by atoms with Crippen LogP contribution in [0, 0.1) is 5.92 Å². The minimum atomic E-state index is 0.0844. The van der Waals surface area contributed by atoms with Gasteiger partial charge in [-0.25, -0.2) is 0 Å². The number of hydrogen-bond acceptors (Lipinski definition) is 2. The van der Waals surface area contributed by atoms with Gasteiger partial charge in [0.1, 0.15) is 0 Å². The Balaban J connectivity index is 1.76. The summed E-state index contributed by atoms with van der Waals surface area (Å²) in [5.41, 5.74) is 0. The van der Waals surface area contributed by atoms with Crippen molar-refractivity contribution in [3.05, 3.63) is 0 Å². The lowest BCUT2D eigenvalue weighted by molar-refractivity contribution is -0.123. The Labute approximate surface area is 79.3 Å². The fourth-order valence-corrected chi connectivity index (χ4v) is 1.95. The molecule has 2 atom stereocenters. The summed E-state index contributed by atoms with van der Waals surface area (Å²) in [4.78, 5) is 11.6. The molecule has 2 aliphatic rings. The third-order valence-electron chi connectivity index (χ3n) is 3.08. The molecular weight excluding hydrogens is 164 g/mol. The van der Waals surface area contributed by atoms with Crippen molar-refractivity contribution in [2.75, 3.05) is 6.54 Å². The molecule has 3 heteroatoms. The molecule has 1 unspecified atom stereocenters. The molecule has 0 radical (unpaired) electrons. The number of carbonyl (C=O) groups is 1. The first-order valence-corrected chi connectivity index (χ1v) is 5.31. The molecule has 1 saturated heterocycles. The SMILES string of the molecule is CC(NC(=O)[C@@H]1CCCN1)C1CC1. The predicted molar refractivity (Wildman–Crippen MR) is 51.4 cm³/mol. The maximum atomic E-state index is 11.6. The molecule has 0 aromatic heterocycles. The first-order valence-electron chi connectivity index (χ1n) is 5.31. The molecule has 0 aromatic rings. The minimum absolute atomic E-state index is 0.0844. The number of hydrogen-bond donors (Lipinski definition) is 2. The zero-order valence-corrected chi connectivity index (χ0v) is 8.18. The van der Waals surface area contributed by atoms with Gasteiger partial charge in [0, 0.05) is 6.04 Å². The molecule has 0 aromatic carbocycles. The minimum Gasteiger partial charge on any atom is -0.352 e. The average Bonchev–Trinajstić information content (AvgIpc) is 2.81. The lowest BCUT2D eigenvalue weighted by Gasteiger charge is -2.16. The standard InChI is InChI=1S/C10H18N2O/c1-7(8-4-5-8)12-10(13)9-3-2-6-11-9/h7-9,11H,2-6H2,1H3,(H,12,13)/t7?,9-/m0/s1. The van der Waals surface area contributed by atoms with Crippen LogP contribution in [0.5, 0.6) is 0 Å². The highest BCUT2D eigenvalue weighted by atomic mass is 16.2. The summed E-state index contributed by atoms with van der Waals surface area (Å²) in [6.07, 6.45) is 4.72. The van der Waals surface area contributed by atoms with E-state index in [-0.39, 0.29) is 11.9 Å². The van der Waals surface area contributed by atoms with Crippen LogP contribution >= 0.6 is 0 Å². The smallest absolute Gasteiger partial charge is 0.237 e. The van der Waals surface area contributed by atoms with Crippen LogP contribution in [0.3, 0.4) is 0 Å². The van der Waals surface area contributed by atoms with Gasteiger partial charge in [0.2, 0.25) is 5.91 Å². The normalized spacial score (nSPS) is 30.1. The van der Waals surface area contributed by atoms with Gasteiger partial charge < -0.3 is 10.6 Å². The van der Waals surface area contributed by atoms with Crippen LogP contribution in [0.15, 0.2) is 0 Å². The Morgan fingerprint density at radius 1 is 1.46 bits per heavy atom. The highest BCUT2D eigenvalue weighted by Gasteiger charge is 2.31. The lowest BCUT2D eigenvalue weighted by atomic mass is 10.1. The van der Waals surface area contributed by atoms with Crippen LogP contribution in [0.4, 0.5) is 0 Å². The summed E-state index contributed by atoms with van der Waals surface area (Å²) in [5.74, 6) is 0.960. The molecule has 1 aliphatic heterocycles. The van der Waals surface area contributed by atoms with E-state index in [9.17, 15) is 4.79 Å². The van der Waals surface area contributed by atoms with Crippen molar-refractivity contribution in [1.82, 2.24) is 10.6 Å². The van der Waals surface area contributed by atoms with Crippen LogP contribution in [-0.4, -0.2) is 24.5 Å². The van der Waals surface area contributed by atoms with Crippen molar-refractivity contribution in [1.29, 1.82) is 0 Å². The third-order valence-corrected chi connectivity index (χ3v) is 3.08. The summed E-state index contributed by atoms with van der Waals surface area (Å²) < 4.78 is 0. The first-order chi connectivity index (χ1) is 6.27. The molecule has 0 bridgehead atoms. The van der Waals surface area contributed by atoms with Crippen molar-refractivity contribution in [2.24, 2.45) is 5.92 Å². The summed E-state index contributed by atoms with van der Waals surface area (Å²) in [6, 6.07) is 0.469. The molecule has 1 aliphatic carbocycles. The Hall–Kier alpha value is -0.570. The van der Waals surface area contributed by atoms with Gasteiger partial charge in [-0.1, -0.05) is 0 Å². The topological polar surface area (TPSA) is 41.1 Å². The van der Waals surface area contributed by atoms with Crippen LogP contribution < -0.4 is 10.6 Å². The van der Waals surface area contributed by atoms with E-state index >= 15 is 0 Å². The van der Waals surface area contributed by atoms with Gasteiger partial charge in [-0.05, 0) is 45.1 Å². The quantitative estimate of drug-likeness (QED) is 0.673. The molecular formula is C10H18N2O. The Kier molecular flexibility index (Phi) is 2.54. The van der Waals surface area contributed by atoms with Gasteiger partial charge in [-0.15, -0.1) is 0 Å². The Morgan fingerprint density at radius 2 is 2.23 bits per heavy atom. The maximum absolute atomic E-state index is 11.6. The van der Waals surface area contributed by atoms with Crippen LogP contribution in [0.1, 0.15) is 32.6 Å². The van der Waals surface area contributed by atoms with Crippen LogP contribution in [0.25, 0.3) is 0 Å². The van der Waals surface area contributed by atoms with Gasteiger partial charge in [0.15, 0.2) is 0 Å². The largest absolute Gasteiger partial charge is 0.352 e. The Morgan fingerprint density at radius 3 is 2.77 bits per heavy atom. The molecule has 1 saturated carbocycles. The van der Waals surface area contributed by atoms with Crippen molar-refractivity contribution < 1.29 is 4.79 Å². The molecule has 13 heavy (non-hydrogen) atoms. The summed E-state index contributed by atoms with van der Waals surface area (Å²) in [7, 11) is 0. The van der Waals surface area contributed by atoms with E-state index in [4.69, 9.17) is 0 Å². The second-order valence-electron chi connectivity index (χ2n) is 4.28. The van der Waals surface area contributed by atoms with E-state index in [0.29, 0.717) is 6.04 Å².